The van der Waals surface area contributed by atoms with Gasteiger partial charge in [-0.05, 0) is 32.1 Å². The van der Waals surface area contributed by atoms with Gasteiger partial charge >= 0.3 is 0 Å². The second-order valence-electron chi connectivity index (χ2n) is 6.66. The van der Waals surface area contributed by atoms with E-state index in [1.165, 1.54) is 0 Å². The monoisotopic (exact) mass is 325 g/mol. The van der Waals surface area contributed by atoms with E-state index in [2.05, 4.69) is 12.2 Å². The minimum absolute atomic E-state index is 0.0235. The molecular formula is C17H31N3O3. The normalized spacial score (nSPS) is 25.6. The van der Waals surface area contributed by atoms with Gasteiger partial charge in [-0.1, -0.05) is 19.8 Å². The van der Waals surface area contributed by atoms with Gasteiger partial charge in [-0.25, -0.2) is 0 Å². The van der Waals surface area contributed by atoms with Crippen molar-refractivity contribution in [3.8, 4) is 0 Å². The number of carbonyl (C=O) groups excluding carboxylic acids is 2. The molecule has 0 radical (unpaired) electrons. The van der Waals surface area contributed by atoms with Crippen molar-refractivity contribution in [1.82, 2.24) is 10.2 Å². The van der Waals surface area contributed by atoms with Crippen LogP contribution in [-0.4, -0.2) is 55.1 Å². The largest absolute Gasteiger partial charge is 0.364 e. The van der Waals surface area contributed by atoms with Gasteiger partial charge in [0.1, 0.15) is 6.10 Å². The molecule has 2 heterocycles. The Morgan fingerprint density at radius 1 is 1.17 bits per heavy atom. The average molecular weight is 325 g/mol. The molecule has 0 aromatic rings. The fourth-order valence-electron chi connectivity index (χ4n) is 3.36. The minimum atomic E-state index is -0.331. The molecule has 6 nitrogen and oxygen atoms in total. The van der Waals surface area contributed by atoms with Gasteiger partial charge in [-0.2, -0.15) is 0 Å². The number of hydrogen-bond donors (Lipinski definition) is 2. The van der Waals surface area contributed by atoms with E-state index in [-0.39, 0.29) is 29.9 Å². The van der Waals surface area contributed by atoms with Crippen LogP contribution in [0.25, 0.3) is 0 Å². The lowest BCUT2D eigenvalue weighted by molar-refractivity contribution is -0.145. The quantitative estimate of drug-likeness (QED) is 0.685. The number of unbranched alkanes of at least 4 members (excludes halogenated alkanes) is 2. The first-order chi connectivity index (χ1) is 11.2. The predicted molar refractivity (Wildman–Crippen MR) is 88.8 cm³/mol. The smallest absolute Gasteiger partial charge is 0.251 e. The minimum Gasteiger partial charge on any atom is -0.364 e. The molecule has 3 N–H and O–H groups in total. The summed E-state index contributed by atoms with van der Waals surface area (Å²) < 4.78 is 5.68. The van der Waals surface area contributed by atoms with Gasteiger partial charge in [0.05, 0.1) is 6.10 Å². The third kappa shape index (κ3) is 5.18. The van der Waals surface area contributed by atoms with Gasteiger partial charge in [0.15, 0.2) is 0 Å². The highest BCUT2D eigenvalue weighted by molar-refractivity contribution is 5.82. The molecule has 2 atom stereocenters. The van der Waals surface area contributed by atoms with Crippen molar-refractivity contribution < 1.29 is 14.3 Å². The summed E-state index contributed by atoms with van der Waals surface area (Å²) in [5, 5.41) is 3.02. The topological polar surface area (TPSA) is 84.7 Å². The number of piperidine rings is 1. The van der Waals surface area contributed by atoms with Gasteiger partial charge in [0, 0.05) is 32.1 Å². The molecule has 0 saturated carbocycles. The number of ether oxygens (including phenoxy) is 1. The maximum atomic E-state index is 12.4. The van der Waals surface area contributed by atoms with Crippen LogP contribution in [-0.2, 0) is 14.3 Å². The molecule has 132 valence electrons. The number of hydrogen-bond acceptors (Lipinski definition) is 4. The second kappa shape index (κ2) is 9.23. The number of amides is 2. The Labute approximate surface area is 139 Å². The van der Waals surface area contributed by atoms with Crippen molar-refractivity contribution in [2.75, 3.05) is 26.2 Å². The predicted octanol–water partition coefficient (Wildman–Crippen LogP) is 1.04. The SMILES string of the molecule is CCCCCNC(=O)C1CCN(C(=O)[C@@H]2CC[C@H](CN)O2)CC1. The van der Waals surface area contributed by atoms with Crippen LogP contribution < -0.4 is 11.1 Å². The van der Waals surface area contributed by atoms with Crippen LogP contribution in [0.2, 0.25) is 0 Å². The van der Waals surface area contributed by atoms with E-state index in [9.17, 15) is 9.59 Å². The summed E-state index contributed by atoms with van der Waals surface area (Å²) in [4.78, 5) is 26.4. The lowest BCUT2D eigenvalue weighted by atomic mass is 9.95. The standard InChI is InChI=1S/C17H31N3O3/c1-2-3-4-9-19-16(21)13-7-10-20(11-8-13)17(22)15-6-5-14(12-18)23-15/h13-15H,2-12,18H2,1H3,(H,19,21)/t14-,15+/m1/s1. The fraction of sp³-hybridized carbons (Fsp3) is 0.882. The van der Waals surface area contributed by atoms with Gasteiger partial charge in [0.2, 0.25) is 5.91 Å². The molecule has 0 aromatic carbocycles. The first kappa shape index (κ1) is 18.2. The maximum absolute atomic E-state index is 12.4. The second-order valence-corrected chi connectivity index (χ2v) is 6.66. The van der Waals surface area contributed by atoms with Crippen LogP contribution in [0.4, 0.5) is 0 Å². The summed E-state index contributed by atoms with van der Waals surface area (Å²) in [6.07, 6.45) is 6.17. The Morgan fingerprint density at radius 2 is 1.91 bits per heavy atom. The highest BCUT2D eigenvalue weighted by Crippen LogP contribution is 2.24. The Hall–Kier alpha value is -1.14. The molecule has 2 amide bonds. The average Bonchev–Trinajstić information content (AvgIpc) is 3.07. The molecule has 2 saturated heterocycles. The number of nitrogens with two attached hydrogens (primary N) is 1. The van der Waals surface area contributed by atoms with E-state index in [1.807, 2.05) is 4.90 Å². The van der Waals surface area contributed by atoms with Crippen molar-refractivity contribution in [1.29, 1.82) is 0 Å². The highest BCUT2D eigenvalue weighted by atomic mass is 16.5. The van der Waals surface area contributed by atoms with E-state index >= 15 is 0 Å². The van der Waals surface area contributed by atoms with Crippen LogP contribution in [0, 0.1) is 5.92 Å². The molecule has 2 rings (SSSR count). The summed E-state index contributed by atoms with van der Waals surface area (Å²) in [5.41, 5.74) is 5.59. The van der Waals surface area contributed by atoms with Gasteiger partial charge in [-0.15, -0.1) is 0 Å². The maximum Gasteiger partial charge on any atom is 0.251 e. The van der Waals surface area contributed by atoms with Gasteiger partial charge in [0.25, 0.3) is 5.91 Å². The first-order valence-corrected chi connectivity index (χ1v) is 9.07. The van der Waals surface area contributed by atoms with Crippen LogP contribution >= 0.6 is 0 Å². The van der Waals surface area contributed by atoms with Crippen molar-refractivity contribution in [2.45, 2.75) is 64.1 Å². The molecule has 6 heteroatoms. The van der Waals surface area contributed by atoms with Crippen LogP contribution in [0.5, 0.6) is 0 Å². The number of nitrogens with zero attached hydrogens (tertiary/aromatic N) is 1. The Morgan fingerprint density at radius 3 is 2.52 bits per heavy atom. The van der Waals surface area contributed by atoms with Crippen molar-refractivity contribution >= 4 is 11.8 Å². The summed E-state index contributed by atoms with van der Waals surface area (Å²) >= 11 is 0. The Balaban J connectivity index is 1.69. The molecule has 0 bridgehead atoms. The molecule has 2 fully saturated rings. The molecule has 23 heavy (non-hydrogen) atoms. The van der Waals surface area contributed by atoms with Crippen molar-refractivity contribution in [3.05, 3.63) is 0 Å². The summed E-state index contributed by atoms with van der Waals surface area (Å²) in [7, 11) is 0. The lowest BCUT2D eigenvalue weighted by Crippen LogP contribution is -2.46. The van der Waals surface area contributed by atoms with Crippen molar-refractivity contribution in [2.24, 2.45) is 11.7 Å². The number of rotatable bonds is 7. The third-order valence-corrected chi connectivity index (χ3v) is 4.90. The third-order valence-electron chi connectivity index (χ3n) is 4.90. The Kier molecular flexibility index (Phi) is 7.30. The van der Waals surface area contributed by atoms with E-state index in [0.717, 1.165) is 51.5 Å². The van der Waals surface area contributed by atoms with Crippen LogP contribution in [0.15, 0.2) is 0 Å². The lowest BCUT2D eigenvalue weighted by Gasteiger charge is -2.32. The molecule has 0 aromatic heterocycles. The van der Waals surface area contributed by atoms with E-state index in [4.69, 9.17) is 10.5 Å². The van der Waals surface area contributed by atoms with Crippen LogP contribution in [0.3, 0.4) is 0 Å². The molecule has 0 unspecified atom stereocenters. The van der Waals surface area contributed by atoms with E-state index in [1.54, 1.807) is 0 Å². The molecule has 0 spiro atoms. The van der Waals surface area contributed by atoms with E-state index < -0.39 is 0 Å². The van der Waals surface area contributed by atoms with Gasteiger partial charge in [-0.3, -0.25) is 9.59 Å². The zero-order valence-electron chi connectivity index (χ0n) is 14.3. The fourth-order valence-corrected chi connectivity index (χ4v) is 3.36. The highest BCUT2D eigenvalue weighted by Gasteiger charge is 2.35. The zero-order valence-corrected chi connectivity index (χ0v) is 14.3. The summed E-state index contributed by atoms with van der Waals surface area (Å²) in [5.74, 6) is 0.262. The van der Waals surface area contributed by atoms with Crippen molar-refractivity contribution in [3.63, 3.8) is 0 Å². The molecule has 0 aliphatic carbocycles. The zero-order chi connectivity index (χ0) is 16.7. The molecular weight excluding hydrogens is 294 g/mol. The summed E-state index contributed by atoms with van der Waals surface area (Å²) in [6.45, 7) is 4.70. The molecule has 2 aliphatic heterocycles. The first-order valence-electron chi connectivity index (χ1n) is 9.07. The van der Waals surface area contributed by atoms with E-state index in [0.29, 0.717) is 19.6 Å². The Bertz CT molecular complexity index is 395. The molecule has 2 aliphatic rings. The van der Waals surface area contributed by atoms with Crippen LogP contribution in [0.1, 0.15) is 51.9 Å². The number of likely N-dealkylation sites (tertiary alicyclic amines) is 1. The van der Waals surface area contributed by atoms with Gasteiger partial charge < -0.3 is 20.7 Å². The summed E-state index contributed by atoms with van der Waals surface area (Å²) in [6, 6.07) is 0. The number of nitrogens with one attached hydrogen (secondary N) is 1. The number of carbonyl (C=O) groups is 2.